The average Bonchev–Trinajstić information content (AvgIpc) is 2.37. The lowest BCUT2D eigenvalue weighted by Crippen LogP contribution is -2.04. The first kappa shape index (κ1) is 14.9. The predicted octanol–water partition coefficient (Wildman–Crippen LogP) is 4.24. The summed E-state index contributed by atoms with van der Waals surface area (Å²) in [6, 6.07) is 11.6. The molecule has 0 bridgehead atoms. The smallest absolute Gasteiger partial charge is 0.124 e. The van der Waals surface area contributed by atoms with Crippen LogP contribution in [0, 0.1) is 13.8 Å². The second-order valence-corrected chi connectivity index (χ2v) is 5.54. The quantitative estimate of drug-likeness (QED) is 0.912. The van der Waals surface area contributed by atoms with Crippen LogP contribution in [0.1, 0.15) is 28.4 Å². The number of methoxy groups -OCH3 is 1. The van der Waals surface area contributed by atoms with Crippen LogP contribution in [0.3, 0.4) is 0 Å². The fraction of sp³-hybridized carbons (Fsp3) is 0.294. The SMILES string of the molecule is COc1ccc(Cl)cc1C(O)Cc1cc(C)cc(C)c1. The molecule has 0 fully saturated rings. The zero-order valence-corrected chi connectivity index (χ0v) is 12.7. The first-order valence-electron chi connectivity index (χ1n) is 6.58. The molecule has 1 atom stereocenters. The van der Waals surface area contributed by atoms with Gasteiger partial charge in [0.1, 0.15) is 5.75 Å². The molecule has 20 heavy (non-hydrogen) atoms. The zero-order valence-electron chi connectivity index (χ0n) is 12.0. The van der Waals surface area contributed by atoms with Crippen LogP contribution in [0.5, 0.6) is 5.75 Å². The lowest BCUT2D eigenvalue weighted by molar-refractivity contribution is 0.174. The molecule has 2 rings (SSSR count). The molecule has 1 unspecified atom stereocenters. The highest BCUT2D eigenvalue weighted by atomic mass is 35.5. The summed E-state index contributed by atoms with van der Waals surface area (Å²) in [4.78, 5) is 0. The lowest BCUT2D eigenvalue weighted by atomic mass is 9.98. The van der Waals surface area contributed by atoms with Crippen LogP contribution in [0.4, 0.5) is 0 Å². The molecule has 0 radical (unpaired) electrons. The minimum absolute atomic E-state index is 0.541. The molecule has 0 saturated carbocycles. The first-order chi connectivity index (χ1) is 9.49. The Balaban J connectivity index is 2.27. The van der Waals surface area contributed by atoms with Crippen molar-refractivity contribution in [2.45, 2.75) is 26.4 Å². The third-order valence-corrected chi connectivity index (χ3v) is 3.50. The van der Waals surface area contributed by atoms with E-state index in [9.17, 15) is 5.11 Å². The van der Waals surface area contributed by atoms with Gasteiger partial charge in [0, 0.05) is 17.0 Å². The van der Waals surface area contributed by atoms with E-state index in [2.05, 4.69) is 32.0 Å². The summed E-state index contributed by atoms with van der Waals surface area (Å²) in [6.45, 7) is 4.12. The Hall–Kier alpha value is -1.51. The van der Waals surface area contributed by atoms with E-state index < -0.39 is 6.10 Å². The van der Waals surface area contributed by atoms with Gasteiger partial charge in [-0.05, 0) is 37.6 Å². The monoisotopic (exact) mass is 290 g/mol. The van der Waals surface area contributed by atoms with Crippen LogP contribution in [0.15, 0.2) is 36.4 Å². The summed E-state index contributed by atoms with van der Waals surface area (Å²) in [5.41, 5.74) is 4.23. The normalized spacial score (nSPS) is 12.2. The second kappa shape index (κ2) is 6.29. The van der Waals surface area contributed by atoms with Gasteiger partial charge in [-0.1, -0.05) is 40.9 Å². The largest absolute Gasteiger partial charge is 0.496 e. The van der Waals surface area contributed by atoms with Crippen molar-refractivity contribution in [3.8, 4) is 5.75 Å². The van der Waals surface area contributed by atoms with Crippen LogP contribution < -0.4 is 4.74 Å². The molecular weight excluding hydrogens is 272 g/mol. The van der Waals surface area contributed by atoms with Crippen LogP contribution in [-0.4, -0.2) is 12.2 Å². The first-order valence-corrected chi connectivity index (χ1v) is 6.96. The van der Waals surface area contributed by atoms with Gasteiger partial charge in [0.25, 0.3) is 0 Å². The van der Waals surface area contributed by atoms with Crippen LogP contribution in [-0.2, 0) is 6.42 Å². The van der Waals surface area contributed by atoms with E-state index in [0.717, 1.165) is 11.1 Å². The fourth-order valence-corrected chi connectivity index (χ4v) is 2.67. The molecule has 0 amide bonds. The maximum Gasteiger partial charge on any atom is 0.124 e. The molecule has 1 N–H and O–H groups in total. The standard InChI is InChI=1S/C17H19ClO2/c1-11-6-12(2)8-13(7-11)9-16(19)15-10-14(18)4-5-17(15)20-3/h4-8,10,16,19H,9H2,1-3H3. The number of aliphatic hydroxyl groups is 1. The Morgan fingerprint density at radius 3 is 2.35 bits per heavy atom. The summed E-state index contributed by atoms with van der Waals surface area (Å²) in [5, 5.41) is 11.1. The zero-order chi connectivity index (χ0) is 14.7. The number of benzene rings is 2. The number of rotatable bonds is 4. The van der Waals surface area contributed by atoms with Crippen molar-refractivity contribution >= 4 is 11.6 Å². The second-order valence-electron chi connectivity index (χ2n) is 5.10. The van der Waals surface area contributed by atoms with Crippen molar-refractivity contribution in [1.82, 2.24) is 0 Å². The van der Waals surface area contributed by atoms with Gasteiger partial charge >= 0.3 is 0 Å². The number of ether oxygens (including phenoxy) is 1. The average molecular weight is 291 g/mol. The molecule has 2 aromatic carbocycles. The predicted molar refractivity (Wildman–Crippen MR) is 82.6 cm³/mol. The van der Waals surface area contributed by atoms with E-state index >= 15 is 0 Å². The summed E-state index contributed by atoms with van der Waals surface area (Å²) >= 11 is 6.00. The Kier molecular flexibility index (Phi) is 4.69. The number of hydrogen-bond acceptors (Lipinski definition) is 2. The van der Waals surface area contributed by atoms with Crippen LogP contribution >= 0.6 is 11.6 Å². The molecule has 2 nitrogen and oxygen atoms in total. The number of aryl methyl sites for hydroxylation is 2. The van der Waals surface area contributed by atoms with Crippen molar-refractivity contribution in [2.24, 2.45) is 0 Å². The Morgan fingerprint density at radius 1 is 1.10 bits per heavy atom. The molecule has 3 heteroatoms. The van der Waals surface area contributed by atoms with Crippen molar-refractivity contribution in [2.75, 3.05) is 7.11 Å². The summed E-state index contributed by atoms with van der Waals surface area (Å²) in [6.07, 6.45) is -0.0935. The highest BCUT2D eigenvalue weighted by Crippen LogP contribution is 2.30. The van der Waals surface area contributed by atoms with Crippen LogP contribution in [0.2, 0.25) is 5.02 Å². The fourth-order valence-electron chi connectivity index (χ4n) is 2.49. The van der Waals surface area contributed by atoms with Gasteiger partial charge in [0.2, 0.25) is 0 Å². The topological polar surface area (TPSA) is 29.5 Å². The molecule has 0 aromatic heterocycles. The number of hydrogen-bond donors (Lipinski definition) is 1. The maximum absolute atomic E-state index is 10.5. The number of halogens is 1. The van der Waals surface area contributed by atoms with Gasteiger partial charge in [-0.3, -0.25) is 0 Å². The minimum Gasteiger partial charge on any atom is -0.496 e. The molecule has 0 aliphatic rings. The molecule has 2 aromatic rings. The van der Waals surface area contributed by atoms with E-state index in [0.29, 0.717) is 17.2 Å². The Labute approximate surface area is 125 Å². The molecule has 0 aliphatic heterocycles. The van der Waals surface area contributed by atoms with Gasteiger partial charge in [-0.15, -0.1) is 0 Å². The van der Waals surface area contributed by atoms with E-state index in [-0.39, 0.29) is 0 Å². The highest BCUT2D eigenvalue weighted by Gasteiger charge is 2.15. The van der Waals surface area contributed by atoms with Gasteiger partial charge in [0.05, 0.1) is 13.2 Å². The van der Waals surface area contributed by atoms with Crippen molar-refractivity contribution < 1.29 is 9.84 Å². The van der Waals surface area contributed by atoms with E-state index in [1.165, 1.54) is 11.1 Å². The molecule has 0 aliphatic carbocycles. The van der Waals surface area contributed by atoms with Crippen molar-refractivity contribution in [1.29, 1.82) is 0 Å². The van der Waals surface area contributed by atoms with Gasteiger partial charge in [-0.2, -0.15) is 0 Å². The lowest BCUT2D eigenvalue weighted by Gasteiger charge is -2.16. The third-order valence-electron chi connectivity index (χ3n) is 3.26. The van der Waals surface area contributed by atoms with Gasteiger partial charge < -0.3 is 9.84 Å². The molecular formula is C17H19ClO2. The summed E-state index contributed by atoms with van der Waals surface area (Å²) in [5.74, 6) is 0.659. The van der Waals surface area contributed by atoms with Crippen molar-refractivity contribution in [3.05, 3.63) is 63.7 Å². The third kappa shape index (κ3) is 3.53. The Morgan fingerprint density at radius 2 is 1.75 bits per heavy atom. The van der Waals surface area contributed by atoms with Crippen molar-refractivity contribution in [3.63, 3.8) is 0 Å². The van der Waals surface area contributed by atoms with Crippen LogP contribution in [0.25, 0.3) is 0 Å². The molecule has 0 heterocycles. The molecule has 0 spiro atoms. The minimum atomic E-state index is -0.634. The summed E-state index contributed by atoms with van der Waals surface area (Å²) < 4.78 is 5.29. The molecule has 0 saturated heterocycles. The maximum atomic E-state index is 10.5. The van der Waals surface area contributed by atoms with Gasteiger partial charge in [-0.25, -0.2) is 0 Å². The number of aliphatic hydroxyl groups excluding tert-OH is 1. The molecule has 106 valence electrons. The van der Waals surface area contributed by atoms with E-state index in [4.69, 9.17) is 16.3 Å². The Bertz CT molecular complexity index is 588. The summed E-state index contributed by atoms with van der Waals surface area (Å²) in [7, 11) is 1.59. The van der Waals surface area contributed by atoms with E-state index in [1.54, 1.807) is 25.3 Å². The highest BCUT2D eigenvalue weighted by molar-refractivity contribution is 6.30. The van der Waals surface area contributed by atoms with E-state index in [1.807, 2.05) is 0 Å². The van der Waals surface area contributed by atoms with Gasteiger partial charge in [0.15, 0.2) is 0 Å².